The Morgan fingerprint density at radius 3 is 1.66 bits per heavy atom. The molecule has 2 aromatic carbocycles. The molecule has 2 rings (SSSR count). The Morgan fingerprint density at radius 2 is 1.19 bits per heavy atom. The third kappa shape index (κ3) is 7.74. The van der Waals surface area contributed by atoms with Crippen molar-refractivity contribution >= 4 is 11.9 Å². The summed E-state index contributed by atoms with van der Waals surface area (Å²) in [6.45, 7) is 5.65. The highest BCUT2D eigenvalue weighted by Crippen LogP contribution is 2.33. The standard InChI is InChI=1S/C25H30O7/c1-25(2,19-5-9-21(10-6-19)30-16-15-28-3)20-7-11-22(12-8-20)31-17-18-32-24(27)14-13-23(26)29-4/h5-14H,15-18H2,1-4H3/b14-13+. The van der Waals surface area contributed by atoms with Gasteiger partial charge in [0, 0.05) is 24.7 Å². The van der Waals surface area contributed by atoms with Gasteiger partial charge in [0.15, 0.2) is 0 Å². The summed E-state index contributed by atoms with van der Waals surface area (Å²) < 4.78 is 25.6. The molecule has 7 nitrogen and oxygen atoms in total. The van der Waals surface area contributed by atoms with Gasteiger partial charge in [0.1, 0.15) is 31.3 Å². The molecule has 0 aromatic heterocycles. The van der Waals surface area contributed by atoms with Crippen LogP contribution in [0, 0.1) is 0 Å². The van der Waals surface area contributed by atoms with Crippen molar-refractivity contribution in [2.45, 2.75) is 19.3 Å². The number of hydrogen-bond acceptors (Lipinski definition) is 7. The SMILES string of the molecule is COCCOc1ccc(C(C)(C)c2ccc(OCCOC(=O)/C=C/C(=O)OC)cc2)cc1. The van der Waals surface area contributed by atoms with E-state index in [4.69, 9.17) is 18.9 Å². The van der Waals surface area contributed by atoms with Crippen molar-refractivity contribution in [3.05, 3.63) is 71.8 Å². The van der Waals surface area contributed by atoms with Crippen LogP contribution in [0.1, 0.15) is 25.0 Å². The molecule has 0 heterocycles. The van der Waals surface area contributed by atoms with Crippen LogP contribution in [0.4, 0.5) is 0 Å². The van der Waals surface area contributed by atoms with Gasteiger partial charge in [-0.05, 0) is 35.4 Å². The van der Waals surface area contributed by atoms with Gasteiger partial charge in [0.05, 0.1) is 13.7 Å². The normalized spacial score (nSPS) is 11.2. The molecule has 7 heteroatoms. The van der Waals surface area contributed by atoms with E-state index in [1.807, 2.05) is 36.4 Å². The molecule has 2 aromatic rings. The Morgan fingerprint density at radius 1 is 0.719 bits per heavy atom. The summed E-state index contributed by atoms with van der Waals surface area (Å²) in [5.41, 5.74) is 2.10. The molecule has 0 radical (unpaired) electrons. The Labute approximate surface area is 188 Å². The topological polar surface area (TPSA) is 80.3 Å². The van der Waals surface area contributed by atoms with E-state index in [-0.39, 0.29) is 18.6 Å². The highest BCUT2D eigenvalue weighted by atomic mass is 16.6. The van der Waals surface area contributed by atoms with Gasteiger partial charge in [-0.1, -0.05) is 38.1 Å². The lowest BCUT2D eigenvalue weighted by Gasteiger charge is -2.26. The van der Waals surface area contributed by atoms with E-state index in [1.165, 1.54) is 7.11 Å². The zero-order chi connectivity index (χ0) is 23.4. The third-order valence-corrected chi connectivity index (χ3v) is 4.86. The van der Waals surface area contributed by atoms with Crippen LogP contribution in [0.2, 0.25) is 0 Å². The second kappa shape index (κ2) is 12.5. The summed E-state index contributed by atoms with van der Waals surface area (Å²) in [6.07, 6.45) is 2.02. The van der Waals surface area contributed by atoms with E-state index < -0.39 is 11.9 Å². The number of ether oxygens (including phenoxy) is 5. The van der Waals surface area contributed by atoms with E-state index in [0.717, 1.165) is 29.0 Å². The molecule has 0 N–H and O–H groups in total. The number of carbonyl (C=O) groups is 2. The van der Waals surface area contributed by atoms with Gasteiger partial charge in [0.25, 0.3) is 0 Å². The van der Waals surface area contributed by atoms with Gasteiger partial charge in [-0.15, -0.1) is 0 Å². The maximum atomic E-state index is 11.5. The smallest absolute Gasteiger partial charge is 0.331 e. The van der Waals surface area contributed by atoms with Gasteiger partial charge in [-0.2, -0.15) is 0 Å². The second-order valence-corrected chi connectivity index (χ2v) is 7.39. The van der Waals surface area contributed by atoms with Crippen molar-refractivity contribution in [2.75, 3.05) is 40.6 Å². The average Bonchev–Trinajstić information content (AvgIpc) is 2.81. The maximum absolute atomic E-state index is 11.5. The maximum Gasteiger partial charge on any atom is 0.331 e. The number of rotatable bonds is 12. The molecule has 0 aliphatic heterocycles. The lowest BCUT2D eigenvalue weighted by molar-refractivity contribution is -0.139. The molecule has 0 atom stereocenters. The Balaban J connectivity index is 1.86. The fraction of sp³-hybridized carbons (Fsp3) is 0.360. The molecule has 0 aliphatic carbocycles. The van der Waals surface area contributed by atoms with Gasteiger partial charge >= 0.3 is 11.9 Å². The molecule has 0 spiro atoms. The third-order valence-electron chi connectivity index (χ3n) is 4.86. The van der Waals surface area contributed by atoms with Crippen molar-refractivity contribution in [1.29, 1.82) is 0 Å². The molecule has 0 fully saturated rings. The molecule has 0 saturated carbocycles. The van der Waals surface area contributed by atoms with E-state index in [0.29, 0.717) is 19.0 Å². The molecule has 32 heavy (non-hydrogen) atoms. The Bertz CT molecular complexity index is 884. The minimum absolute atomic E-state index is 0.0659. The highest BCUT2D eigenvalue weighted by molar-refractivity contribution is 5.91. The first-order valence-corrected chi connectivity index (χ1v) is 10.2. The first kappa shape index (κ1) is 24.9. The lowest BCUT2D eigenvalue weighted by atomic mass is 9.78. The van der Waals surface area contributed by atoms with Crippen LogP contribution in [0.15, 0.2) is 60.7 Å². The fourth-order valence-electron chi connectivity index (χ4n) is 2.90. The number of benzene rings is 2. The first-order chi connectivity index (χ1) is 15.4. The minimum Gasteiger partial charge on any atom is -0.491 e. The molecule has 0 saturated heterocycles. The Hall–Kier alpha value is -3.32. The van der Waals surface area contributed by atoms with E-state index in [9.17, 15) is 9.59 Å². The van der Waals surface area contributed by atoms with E-state index in [2.05, 4.69) is 30.7 Å². The van der Waals surface area contributed by atoms with Crippen molar-refractivity contribution in [3.8, 4) is 11.5 Å². The molecule has 0 aliphatic rings. The summed E-state index contributed by atoms with van der Waals surface area (Å²) in [5.74, 6) is 0.234. The summed E-state index contributed by atoms with van der Waals surface area (Å²) in [5, 5.41) is 0. The number of carbonyl (C=O) groups excluding carboxylic acids is 2. The molecule has 0 unspecified atom stereocenters. The zero-order valence-corrected chi connectivity index (χ0v) is 19.0. The first-order valence-electron chi connectivity index (χ1n) is 10.2. The monoisotopic (exact) mass is 442 g/mol. The molecular formula is C25H30O7. The summed E-state index contributed by atoms with van der Waals surface area (Å²) in [6, 6.07) is 15.9. The van der Waals surface area contributed by atoms with Gasteiger partial charge in [0.2, 0.25) is 0 Å². The molecular weight excluding hydrogens is 412 g/mol. The van der Waals surface area contributed by atoms with E-state index in [1.54, 1.807) is 7.11 Å². The fourth-order valence-corrected chi connectivity index (χ4v) is 2.90. The van der Waals surface area contributed by atoms with Crippen LogP contribution in [-0.2, 0) is 29.2 Å². The van der Waals surface area contributed by atoms with Crippen molar-refractivity contribution in [2.24, 2.45) is 0 Å². The van der Waals surface area contributed by atoms with Crippen LogP contribution in [0.5, 0.6) is 11.5 Å². The van der Waals surface area contributed by atoms with Crippen LogP contribution < -0.4 is 9.47 Å². The molecule has 0 amide bonds. The average molecular weight is 443 g/mol. The zero-order valence-electron chi connectivity index (χ0n) is 19.0. The van der Waals surface area contributed by atoms with Crippen LogP contribution in [-0.4, -0.2) is 52.6 Å². The predicted octanol–water partition coefficient (Wildman–Crippen LogP) is 3.69. The number of esters is 2. The van der Waals surface area contributed by atoms with Gasteiger partial charge < -0.3 is 23.7 Å². The van der Waals surface area contributed by atoms with Gasteiger partial charge in [-0.25, -0.2) is 9.59 Å². The van der Waals surface area contributed by atoms with Crippen molar-refractivity contribution in [3.63, 3.8) is 0 Å². The lowest BCUT2D eigenvalue weighted by Crippen LogP contribution is -2.18. The molecule has 172 valence electrons. The van der Waals surface area contributed by atoms with Crippen LogP contribution in [0.25, 0.3) is 0 Å². The summed E-state index contributed by atoms with van der Waals surface area (Å²) >= 11 is 0. The quantitative estimate of drug-likeness (QED) is 0.282. The van der Waals surface area contributed by atoms with E-state index >= 15 is 0 Å². The van der Waals surface area contributed by atoms with Gasteiger partial charge in [-0.3, -0.25) is 0 Å². The van der Waals surface area contributed by atoms with Crippen molar-refractivity contribution in [1.82, 2.24) is 0 Å². The second-order valence-electron chi connectivity index (χ2n) is 7.39. The van der Waals surface area contributed by atoms with Crippen molar-refractivity contribution < 1.29 is 33.3 Å². The largest absolute Gasteiger partial charge is 0.491 e. The van der Waals surface area contributed by atoms with Crippen LogP contribution >= 0.6 is 0 Å². The summed E-state index contributed by atoms with van der Waals surface area (Å²) in [4.78, 5) is 22.4. The van der Waals surface area contributed by atoms with Crippen LogP contribution in [0.3, 0.4) is 0 Å². The summed E-state index contributed by atoms with van der Waals surface area (Å²) in [7, 11) is 2.88. The predicted molar refractivity (Wildman–Crippen MR) is 120 cm³/mol. The number of hydrogen-bond donors (Lipinski definition) is 0. The number of methoxy groups -OCH3 is 2. The molecule has 0 bridgehead atoms. The Kier molecular flexibility index (Phi) is 9.76. The highest BCUT2D eigenvalue weighted by Gasteiger charge is 2.23. The minimum atomic E-state index is -0.633.